The summed E-state index contributed by atoms with van der Waals surface area (Å²) in [5, 5.41) is 87.1. The normalized spacial score (nSPS) is 25.3. The zero-order chi connectivity index (χ0) is 53.9. The van der Waals surface area contributed by atoms with Gasteiger partial charge in [-0.3, -0.25) is 4.79 Å². The highest BCUT2D eigenvalue weighted by atomic mass is 16.7. The molecule has 0 aromatic rings. The molecule has 436 valence electrons. The molecule has 2 aliphatic rings. The Kier molecular flexibility index (Phi) is 43.0. The van der Waals surface area contributed by atoms with Crippen LogP contribution in [0.5, 0.6) is 0 Å². The van der Waals surface area contributed by atoms with E-state index in [2.05, 4.69) is 31.3 Å². The van der Waals surface area contributed by atoms with E-state index in [-0.39, 0.29) is 18.9 Å². The van der Waals surface area contributed by atoms with Gasteiger partial charge in [-0.1, -0.05) is 244 Å². The highest BCUT2D eigenvalue weighted by molar-refractivity contribution is 5.76. The molecule has 0 radical (unpaired) electrons. The second-order valence-corrected chi connectivity index (χ2v) is 21.8. The van der Waals surface area contributed by atoms with Gasteiger partial charge in [0.15, 0.2) is 12.6 Å². The van der Waals surface area contributed by atoms with Gasteiger partial charge < -0.3 is 65.1 Å². The lowest BCUT2D eigenvalue weighted by Gasteiger charge is -2.46. The first-order valence-electron chi connectivity index (χ1n) is 30.6. The second kappa shape index (κ2) is 46.4. The molecule has 14 nitrogen and oxygen atoms in total. The Bertz CT molecular complexity index is 1340. The van der Waals surface area contributed by atoms with Gasteiger partial charge in [0.25, 0.3) is 0 Å². The SMILES string of the molecule is CCCCCCCCCCCCCCCCCCC/C=C/CC/C=C/C(O)C(COC1OC(CO)C(OC2OC(CO)C(O)C(O)C2O)C(O)C1O)NC(=O)CCCCCCCCCCCCCCCCCCC. The maximum Gasteiger partial charge on any atom is 0.220 e. The van der Waals surface area contributed by atoms with Crippen LogP contribution in [0.4, 0.5) is 0 Å². The molecule has 0 spiro atoms. The van der Waals surface area contributed by atoms with Crippen molar-refractivity contribution in [1.29, 1.82) is 0 Å². The molecule has 2 heterocycles. The molecule has 0 aliphatic carbocycles. The topological polar surface area (TPSA) is 228 Å². The monoisotopic (exact) mass is 1060 g/mol. The van der Waals surface area contributed by atoms with E-state index in [0.717, 1.165) is 32.1 Å². The van der Waals surface area contributed by atoms with E-state index in [1.165, 1.54) is 193 Å². The summed E-state index contributed by atoms with van der Waals surface area (Å²) in [6.07, 6.45) is 37.9. The molecule has 14 heteroatoms. The van der Waals surface area contributed by atoms with Crippen molar-refractivity contribution >= 4 is 5.91 Å². The van der Waals surface area contributed by atoms with Crippen LogP contribution in [0.25, 0.3) is 0 Å². The first-order valence-corrected chi connectivity index (χ1v) is 30.6. The fourth-order valence-corrected chi connectivity index (χ4v) is 10.2. The minimum Gasteiger partial charge on any atom is -0.394 e. The molecule has 2 aliphatic heterocycles. The van der Waals surface area contributed by atoms with Crippen molar-refractivity contribution in [3.8, 4) is 0 Å². The van der Waals surface area contributed by atoms with Crippen LogP contribution in [-0.4, -0.2) is 140 Å². The summed E-state index contributed by atoms with van der Waals surface area (Å²) in [6.45, 7) is 2.81. The quantitative estimate of drug-likeness (QED) is 0.0204. The molecule has 9 N–H and O–H groups in total. The third-order valence-electron chi connectivity index (χ3n) is 15.1. The van der Waals surface area contributed by atoms with Crippen LogP contribution < -0.4 is 5.32 Å². The molecule has 0 aromatic carbocycles. The number of carbonyl (C=O) groups is 1. The second-order valence-electron chi connectivity index (χ2n) is 21.8. The third kappa shape index (κ3) is 31.8. The number of carbonyl (C=O) groups excluding carboxylic acids is 1. The number of hydrogen-bond acceptors (Lipinski definition) is 13. The van der Waals surface area contributed by atoms with Crippen molar-refractivity contribution in [2.24, 2.45) is 0 Å². The number of ether oxygens (including phenoxy) is 4. The number of nitrogens with one attached hydrogen (secondary N) is 1. The van der Waals surface area contributed by atoms with Gasteiger partial charge in [0.2, 0.25) is 5.91 Å². The van der Waals surface area contributed by atoms with Crippen molar-refractivity contribution < 1.29 is 64.6 Å². The summed E-state index contributed by atoms with van der Waals surface area (Å²) in [6, 6.07) is -0.927. The summed E-state index contributed by atoms with van der Waals surface area (Å²) < 4.78 is 22.8. The van der Waals surface area contributed by atoms with Gasteiger partial charge in [0.05, 0.1) is 32.0 Å². The lowest BCUT2D eigenvalue weighted by Crippen LogP contribution is -2.65. The van der Waals surface area contributed by atoms with Gasteiger partial charge in [-0.05, 0) is 32.1 Å². The molecule has 2 fully saturated rings. The smallest absolute Gasteiger partial charge is 0.220 e. The van der Waals surface area contributed by atoms with Crippen LogP contribution >= 0.6 is 0 Å². The summed E-state index contributed by atoms with van der Waals surface area (Å²) in [5.74, 6) is -0.245. The Labute approximate surface area is 449 Å². The van der Waals surface area contributed by atoms with Crippen LogP contribution in [0.1, 0.15) is 258 Å². The van der Waals surface area contributed by atoms with E-state index in [0.29, 0.717) is 12.8 Å². The summed E-state index contributed by atoms with van der Waals surface area (Å²) >= 11 is 0. The molecule has 0 aromatic heterocycles. The first kappa shape index (κ1) is 68.6. The van der Waals surface area contributed by atoms with Crippen molar-refractivity contribution in [2.45, 2.75) is 331 Å². The van der Waals surface area contributed by atoms with E-state index < -0.39 is 86.8 Å². The molecule has 12 atom stereocenters. The Morgan fingerprint density at radius 3 is 1.32 bits per heavy atom. The average molecular weight is 1060 g/mol. The average Bonchev–Trinajstić information content (AvgIpc) is 3.40. The van der Waals surface area contributed by atoms with Crippen molar-refractivity contribution in [3.05, 3.63) is 24.3 Å². The van der Waals surface area contributed by atoms with Crippen molar-refractivity contribution in [3.63, 3.8) is 0 Å². The maximum atomic E-state index is 13.2. The zero-order valence-electron chi connectivity index (χ0n) is 46.8. The van der Waals surface area contributed by atoms with Gasteiger partial charge in [-0.2, -0.15) is 0 Å². The minimum absolute atomic E-state index is 0.245. The number of aliphatic hydroxyl groups excluding tert-OH is 8. The van der Waals surface area contributed by atoms with Gasteiger partial charge in [-0.15, -0.1) is 0 Å². The molecule has 2 saturated heterocycles. The van der Waals surface area contributed by atoms with E-state index in [1.807, 2.05) is 6.08 Å². The molecule has 0 saturated carbocycles. The first-order chi connectivity index (χ1) is 36.1. The Hall–Kier alpha value is -1.53. The van der Waals surface area contributed by atoms with E-state index >= 15 is 0 Å². The van der Waals surface area contributed by atoms with Gasteiger partial charge in [0.1, 0.15) is 48.8 Å². The van der Waals surface area contributed by atoms with Crippen LogP contribution in [0, 0.1) is 0 Å². The lowest BCUT2D eigenvalue weighted by atomic mass is 9.97. The van der Waals surface area contributed by atoms with E-state index in [4.69, 9.17) is 18.9 Å². The molecular formula is C60H113NO13. The largest absolute Gasteiger partial charge is 0.394 e. The van der Waals surface area contributed by atoms with E-state index in [1.54, 1.807) is 6.08 Å². The molecular weight excluding hydrogens is 943 g/mol. The predicted octanol–water partition coefficient (Wildman–Crippen LogP) is 10.4. The standard InChI is InChI=1S/C60H113NO13/c1-3-5-7-9-11-13-15-17-19-21-22-23-24-25-26-28-29-31-33-35-37-39-41-43-49(64)48(61-52(65)44-42-40-38-36-34-32-30-27-20-18-16-14-12-10-8-6-4-2)47-71-59-57(70)55(68)58(51(46-63)73-59)74-60-56(69)54(67)53(66)50(45-62)72-60/h33,35,41,43,48-51,53-60,62-64,66-70H,3-32,34,36-40,42,44-47H2,1-2H3,(H,61,65)/b35-33+,43-41+. The van der Waals surface area contributed by atoms with Crippen LogP contribution in [0.3, 0.4) is 0 Å². The Morgan fingerprint density at radius 1 is 0.473 bits per heavy atom. The van der Waals surface area contributed by atoms with Gasteiger partial charge in [-0.25, -0.2) is 0 Å². The number of hydrogen-bond donors (Lipinski definition) is 9. The molecule has 2 rings (SSSR count). The lowest BCUT2D eigenvalue weighted by molar-refractivity contribution is -0.359. The molecule has 12 unspecified atom stereocenters. The molecule has 1 amide bonds. The number of allylic oxidation sites excluding steroid dienone is 3. The number of rotatable bonds is 49. The number of amides is 1. The number of aliphatic hydroxyl groups is 8. The fourth-order valence-electron chi connectivity index (χ4n) is 10.2. The predicted molar refractivity (Wildman–Crippen MR) is 295 cm³/mol. The minimum atomic E-state index is -1.79. The van der Waals surface area contributed by atoms with Crippen LogP contribution in [0.15, 0.2) is 24.3 Å². The highest BCUT2D eigenvalue weighted by Gasteiger charge is 2.51. The highest BCUT2D eigenvalue weighted by Crippen LogP contribution is 2.30. The summed E-state index contributed by atoms with van der Waals surface area (Å²) in [4.78, 5) is 13.2. The molecule has 74 heavy (non-hydrogen) atoms. The maximum absolute atomic E-state index is 13.2. The number of unbranched alkanes of at least 4 members (excludes halogenated alkanes) is 34. The van der Waals surface area contributed by atoms with E-state index in [9.17, 15) is 45.6 Å². The van der Waals surface area contributed by atoms with Crippen molar-refractivity contribution in [2.75, 3.05) is 19.8 Å². The van der Waals surface area contributed by atoms with Crippen LogP contribution in [-0.2, 0) is 23.7 Å². The Morgan fingerprint density at radius 2 is 0.865 bits per heavy atom. The zero-order valence-corrected chi connectivity index (χ0v) is 46.8. The molecule has 0 bridgehead atoms. The summed E-state index contributed by atoms with van der Waals surface area (Å²) in [7, 11) is 0. The fraction of sp³-hybridized carbons (Fsp3) is 0.917. The summed E-state index contributed by atoms with van der Waals surface area (Å²) in [5.41, 5.74) is 0. The Balaban J connectivity index is 1.77. The third-order valence-corrected chi connectivity index (χ3v) is 15.1. The van der Waals surface area contributed by atoms with Crippen molar-refractivity contribution in [1.82, 2.24) is 5.32 Å². The van der Waals surface area contributed by atoms with Crippen LogP contribution in [0.2, 0.25) is 0 Å². The van der Waals surface area contributed by atoms with Gasteiger partial charge in [0, 0.05) is 6.42 Å². The van der Waals surface area contributed by atoms with Gasteiger partial charge >= 0.3 is 0 Å².